The second-order valence-electron chi connectivity index (χ2n) is 9.20. The van der Waals surface area contributed by atoms with E-state index in [9.17, 15) is 8.78 Å². The molecule has 6 rings (SSSR count). The van der Waals surface area contributed by atoms with Gasteiger partial charge in [-0.15, -0.1) is 0 Å². The van der Waals surface area contributed by atoms with E-state index in [0.717, 1.165) is 30.9 Å². The van der Waals surface area contributed by atoms with E-state index >= 15 is 0 Å². The summed E-state index contributed by atoms with van der Waals surface area (Å²) < 4.78 is 29.1. The summed E-state index contributed by atoms with van der Waals surface area (Å²) in [6, 6.07) is 12.2. The first-order valence-electron chi connectivity index (χ1n) is 11.5. The van der Waals surface area contributed by atoms with Gasteiger partial charge in [0, 0.05) is 36.8 Å². The number of halogens is 2. The minimum atomic E-state index is -0.385. The van der Waals surface area contributed by atoms with Gasteiger partial charge in [0.1, 0.15) is 17.2 Å². The molecule has 172 valence electrons. The van der Waals surface area contributed by atoms with Gasteiger partial charge < -0.3 is 10.6 Å². The molecule has 2 N–H and O–H groups in total. The van der Waals surface area contributed by atoms with E-state index in [4.69, 9.17) is 10.7 Å². The number of piperidine rings is 1. The Morgan fingerprint density at radius 2 is 1.91 bits per heavy atom. The first-order valence-corrected chi connectivity index (χ1v) is 11.5. The lowest BCUT2D eigenvalue weighted by Gasteiger charge is -2.27. The van der Waals surface area contributed by atoms with Gasteiger partial charge in [0.25, 0.3) is 0 Å². The zero-order valence-electron chi connectivity index (χ0n) is 18.7. The number of fused-ring (bicyclic) bond motifs is 2. The summed E-state index contributed by atoms with van der Waals surface area (Å²) in [6.07, 6.45) is 4.20. The third-order valence-electron chi connectivity index (χ3n) is 7.60. The highest BCUT2D eigenvalue weighted by molar-refractivity contribution is 5.76. The van der Waals surface area contributed by atoms with Crippen LogP contribution in [-0.4, -0.2) is 39.6 Å². The fraction of sp³-hybridized carbons (Fsp3) is 0.308. The molecule has 1 aliphatic heterocycles. The molecule has 2 aliphatic rings. The number of hydrogen-bond acceptors (Lipinski definition) is 6. The normalized spacial score (nSPS) is 23.7. The van der Waals surface area contributed by atoms with E-state index in [2.05, 4.69) is 19.9 Å². The second-order valence-corrected chi connectivity index (χ2v) is 9.20. The molecule has 4 aromatic rings. The van der Waals surface area contributed by atoms with E-state index < -0.39 is 0 Å². The average molecular weight is 459 g/mol. The summed E-state index contributed by atoms with van der Waals surface area (Å²) in [6.45, 7) is 3.62. The maximum absolute atomic E-state index is 14.6. The molecule has 1 saturated heterocycles. The quantitative estimate of drug-likeness (QED) is 0.497. The van der Waals surface area contributed by atoms with E-state index in [1.165, 1.54) is 6.07 Å². The van der Waals surface area contributed by atoms with Gasteiger partial charge in [-0.2, -0.15) is 0 Å². The molecule has 6 nitrogen and oxygen atoms in total. The molecule has 8 heteroatoms. The molecule has 3 atom stereocenters. The standard InChI is InChI=1S/C26H24F2N6/c1-15-24(28)16(8-10-30-15)21-6-7-22-25(33-21)31-12-23(32-22)34-11-9-17-19(13-34)26(17,14-29)18-4-2-3-5-20(18)27/h2-8,10,12,17,19H,9,11,13-14,29H2,1H3/t17-,19+,26-/m1/s1. The first kappa shape index (κ1) is 21.0. The zero-order valence-corrected chi connectivity index (χ0v) is 18.7. The molecule has 34 heavy (non-hydrogen) atoms. The van der Waals surface area contributed by atoms with Crippen LogP contribution >= 0.6 is 0 Å². The topological polar surface area (TPSA) is 80.8 Å². The van der Waals surface area contributed by atoms with Gasteiger partial charge in [0.15, 0.2) is 11.5 Å². The van der Waals surface area contributed by atoms with Crippen molar-refractivity contribution in [2.24, 2.45) is 17.6 Å². The summed E-state index contributed by atoms with van der Waals surface area (Å²) in [4.78, 5) is 20.0. The van der Waals surface area contributed by atoms with Crippen LogP contribution in [-0.2, 0) is 5.41 Å². The fourth-order valence-corrected chi connectivity index (χ4v) is 5.78. The molecule has 0 amide bonds. The van der Waals surface area contributed by atoms with Crippen LogP contribution in [0.5, 0.6) is 0 Å². The van der Waals surface area contributed by atoms with Gasteiger partial charge in [-0.3, -0.25) is 4.98 Å². The lowest BCUT2D eigenvalue weighted by atomic mass is 9.91. The van der Waals surface area contributed by atoms with Gasteiger partial charge in [-0.1, -0.05) is 18.2 Å². The minimum Gasteiger partial charge on any atom is -0.355 e. The van der Waals surface area contributed by atoms with Crippen molar-refractivity contribution in [2.75, 3.05) is 24.5 Å². The molecule has 1 aliphatic carbocycles. The lowest BCUT2D eigenvalue weighted by molar-refractivity contribution is 0.533. The third kappa shape index (κ3) is 3.09. The van der Waals surface area contributed by atoms with E-state index in [1.54, 1.807) is 37.5 Å². The maximum atomic E-state index is 14.6. The number of rotatable bonds is 4. The van der Waals surface area contributed by atoms with Crippen molar-refractivity contribution in [3.63, 3.8) is 0 Å². The van der Waals surface area contributed by atoms with Crippen LogP contribution in [0.3, 0.4) is 0 Å². The Morgan fingerprint density at radius 3 is 2.74 bits per heavy atom. The Bertz CT molecular complexity index is 1410. The lowest BCUT2D eigenvalue weighted by Crippen LogP contribution is -2.32. The number of aryl methyl sites for hydroxylation is 1. The van der Waals surface area contributed by atoms with Crippen LogP contribution in [0.15, 0.2) is 54.9 Å². The summed E-state index contributed by atoms with van der Waals surface area (Å²) in [5.74, 6) is 0.852. The number of anilines is 1. The fourth-order valence-electron chi connectivity index (χ4n) is 5.78. The van der Waals surface area contributed by atoms with Gasteiger partial charge in [-0.25, -0.2) is 23.7 Å². The first-order chi connectivity index (χ1) is 16.5. The van der Waals surface area contributed by atoms with Gasteiger partial charge >= 0.3 is 0 Å². The number of aromatic nitrogens is 4. The Labute approximate surface area is 195 Å². The SMILES string of the molecule is Cc1nccc(-c2ccc3nc(N4CC[C@@H]5[C@H](C4)[C@@]5(CN)c4ccccc4F)cnc3n2)c1F. The second kappa shape index (κ2) is 7.77. The molecular weight excluding hydrogens is 434 g/mol. The molecule has 3 aromatic heterocycles. The van der Waals surface area contributed by atoms with Crippen molar-refractivity contribution < 1.29 is 8.78 Å². The highest BCUT2D eigenvalue weighted by Gasteiger charge is 2.66. The zero-order chi connectivity index (χ0) is 23.4. The molecular formula is C26H24F2N6. The minimum absolute atomic E-state index is 0.179. The van der Waals surface area contributed by atoms with Crippen molar-refractivity contribution in [3.05, 3.63) is 77.8 Å². The molecule has 2 fully saturated rings. The predicted molar refractivity (Wildman–Crippen MR) is 126 cm³/mol. The molecule has 0 radical (unpaired) electrons. The number of hydrogen-bond donors (Lipinski definition) is 1. The maximum Gasteiger partial charge on any atom is 0.178 e. The number of benzene rings is 1. The van der Waals surface area contributed by atoms with Crippen LogP contribution in [0, 0.1) is 30.4 Å². The van der Waals surface area contributed by atoms with E-state index in [-0.39, 0.29) is 23.0 Å². The van der Waals surface area contributed by atoms with E-state index in [0.29, 0.717) is 40.6 Å². The van der Waals surface area contributed by atoms with Crippen molar-refractivity contribution in [1.29, 1.82) is 0 Å². The van der Waals surface area contributed by atoms with Crippen molar-refractivity contribution in [3.8, 4) is 11.3 Å². The Hall–Kier alpha value is -3.52. The van der Waals surface area contributed by atoms with Gasteiger partial charge in [-0.05, 0) is 55.0 Å². The number of nitrogens with two attached hydrogens (primary N) is 1. The van der Waals surface area contributed by atoms with Gasteiger partial charge in [0.05, 0.1) is 17.6 Å². The highest BCUT2D eigenvalue weighted by atomic mass is 19.1. The Morgan fingerprint density at radius 1 is 1.06 bits per heavy atom. The number of pyridine rings is 2. The molecule has 1 saturated carbocycles. The monoisotopic (exact) mass is 458 g/mol. The summed E-state index contributed by atoms with van der Waals surface area (Å²) in [7, 11) is 0. The molecule has 4 heterocycles. The summed E-state index contributed by atoms with van der Waals surface area (Å²) >= 11 is 0. The molecule has 0 unspecified atom stereocenters. The van der Waals surface area contributed by atoms with E-state index in [1.807, 2.05) is 18.2 Å². The van der Waals surface area contributed by atoms with Crippen LogP contribution < -0.4 is 10.6 Å². The highest BCUT2D eigenvalue weighted by Crippen LogP contribution is 2.63. The van der Waals surface area contributed by atoms with Crippen LogP contribution in [0.2, 0.25) is 0 Å². The van der Waals surface area contributed by atoms with Crippen molar-refractivity contribution in [2.45, 2.75) is 18.8 Å². The molecule has 0 bridgehead atoms. The van der Waals surface area contributed by atoms with Crippen molar-refractivity contribution >= 4 is 17.0 Å². The van der Waals surface area contributed by atoms with Crippen molar-refractivity contribution in [1.82, 2.24) is 19.9 Å². The summed E-state index contributed by atoms with van der Waals surface area (Å²) in [5.41, 5.74) is 8.95. The Kier molecular flexibility index (Phi) is 4.81. The number of nitrogens with zero attached hydrogens (tertiary/aromatic N) is 5. The van der Waals surface area contributed by atoms with Crippen LogP contribution in [0.4, 0.5) is 14.6 Å². The molecule has 0 spiro atoms. The predicted octanol–water partition coefficient (Wildman–Crippen LogP) is 4.03. The summed E-state index contributed by atoms with van der Waals surface area (Å²) in [5, 5.41) is 0. The van der Waals surface area contributed by atoms with Gasteiger partial charge in [0.2, 0.25) is 0 Å². The molecule has 1 aromatic carbocycles. The average Bonchev–Trinajstić information content (AvgIpc) is 3.53. The third-order valence-corrected chi connectivity index (χ3v) is 7.60. The largest absolute Gasteiger partial charge is 0.355 e. The Balaban J connectivity index is 1.28. The smallest absolute Gasteiger partial charge is 0.178 e. The van der Waals surface area contributed by atoms with Crippen LogP contribution in [0.1, 0.15) is 17.7 Å². The van der Waals surface area contributed by atoms with Crippen LogP contribution in [0.25, 0.3) is 22.4 Å².